The Kier molecular flexibility index (Phi) is 7.91. The molecular formula is C12H19Cl2N3O. The number of hydrogen-bond acceptors (Lipinski definition) is 3. The maximum absolute atomic E-state index is 11.9. The van der Waals surface area contributed by atoms with Crippen molar-refractivity contribution < 1.29 is 4.79 Å². The van der Waals surface area contributed by atoms with E-state index in [1.54, 1.807) is 6.20 Å². The summed E-state index contributed by atoms with van der Waals surface area (Å²) in [6.45, 7) is 3.85. The van der Waals surface area contributed by atoms with E-state index in [1.807, 2.05) is 19.1 Å². The first kappa shape index (κ1) is 17.2. The van der Waals surface area contributed by atoms with E-state index in [4.69, 9.17) is 0 Å². The zero-order valence-electron chi connectivity index (χ0n) is 10.3. The Balaban J connectivity index is 0.00000144. The molecule has 6 heteroatoms. The van der Waals surface area contributed by atoms with Crippen molar-refractivity contribution in [2.45, 2.75) is 19.8 Å². The highest BCUT2D eigenvalue weighted by Gasteiger charge is 2.20. The number of halogens is 2. The van der Waals surface area contributed by atoms with E-state index in [2.05, 4.69) is 15.6 Å². The minimum Gasteiger partial charge on any atom is -0.317 e. The molecule has 4 nitrogen and oxygen atoms in total. The van der Waals surface area contributed by atoms with Crippen LogP contribution in [0.5, 0.6) is 0 Å². The molecule has 1 aliphatic heterocycles. The molecule has 2 heterocycles. The Hall–Kier alpha value is -0.840. The van der Waals surface area contributed by atoms with Gasteiger partial charge in [0.05, 0.1) is 0 Å². The molecule has 2 rings (SSSR count). The number of rotatable bonds is 2. The van der Waals surface area contributed by atoms with Gasteiger partial charge >= 0.3 is 0 Å². The number of pyridine rings is 1. The summed E-state index contributed by atoms with van der Waals surface area (Å²) >= 11 is 0. The molecule has 1 aromatic heterocycles. The Morgan fingerprint density at radius 2 is 2.06 bits per heavy atom. The van der Waals surface area contributed by atoms with Crippen LogP contribution in [0.25, 0.3) is 0 Å². The molecule has 1 aliphatic rings. The van der Waals surface area contributed by atoms with Crippen LogP contribution in [-0.2, 0) is 4.79 Å². The van der Waals surface area contributed by atoms with Gasteiger partial charge < -0.3 is 10.6 Å². The number of piperidine rings is 1. The van der Waals surface area contributed by atoms with Crippen molar-refractivity contribution in [2.75, 3.05) is 18.4 Å². The van der Waals surface area contributed by atoms with Crippen LogP contribution in [0, 0.1) is 12.8 Å². The fourth-order valence-corrected chi connectivity index (χ4v) is 1.92. The van der Waals surface area contributed by atoms with Gasteiger partial charge in [-0.1, -0.05) is 0 Å². The summed E-state index contributed by atoms with van der Waals surface area (Å²) in [4.78, 5) is 16.0. The predicted octanol–water partition coefficient (Wildman–Crippen LogP) is 2.17. The number of nitrogens with zero attached hydrogens (tertiary/aromatic N) is 1. The lowest BCUT2D eigenvalue weighted by atomic mass is 9.97. The van der Waals surface area contributed by atoms with Gasteiger partial charge in [0.2, 0.25) is 5.91 Å². The highest BCUT2D eigenvalue weighted by atomic mass is 35.5. The molecule has 0 spiro atoms. The van der Waals surface area contributed by atoms with Crippen LogP contribution in [0.3, 0.4) is 0 Å². The maximum atomic E-state index is 11.9. The monoisotopic (exact) mass is 291 g/mol. The van der Waals surface area contributed by atoms with Crippen LogP contribution in [-0.4, -0.2) is 24.0 Å². The molecule has 1 saturated heterocycles. The molecule has 2 N–H and O–H groups in total. The average Bonchev–Trinajstić information content (AvgIpc) is 2.30. The van der Waals surface area contributed by atoms with Crippen LogP contribution in [0.15, 0.2) is 18.3 Å². The van der Waals surface area contributed by atoms with Crippen LogP contribution in [0.4, 0.5) is 5.82 Å². The number of nitrogens with one attached hydrogen (secondary N) is 2. The van der Waals surface area contributed by atoms with E-state index >= 15 is 0 Å². The Morgan fingerprint density at radius 1 is 1.39 bits per heavy atom. The van der Waals surface area contributed by atoms with E-state index in [9.17, 15) is 4.79 Å². The van der Waals surface area contributed by atoms with Crippen LogP contribution in [0.1, 0.15) is 18.4 Å². The van der Waals surface area contributed by atoms with Crippen molar-refractivity contribution >= 4 is 36.5 Å². The van der Waals surface area contributed by atoms with Crippen molar-refractivity contribution in [3.05, 3.63) is 23.9 Å². The molecular weight excluding hydrogens is 273 g/mol. The van der Waals surface area contributed by atoms with Crippen molar-refractivity contribution in [3.8, 4) is 0 Å². The molecule has 0 aromatic carbocycles. The standard InChI is InChI=1S/C12H17N3O.2ClH/c1-9-2-7-14-11(8-9)15-12(16)10-3-5-13-6-4-10;;/h2,7-8,10,13H,3-6H2,1H3,(H,14,15,16);2*1H. The van der Waals surface area contributed by atoms with Crippen molar-refractivity contribution in [2.24, 2.45) is 5.92 Å². The number of anilines is 1. The van der Waals surface area contributed by atoms with Crippen molar-refractivity contribution in [1.82, 2.24) is 10.3 Å². The lowest BCUT2D eigenvalue weighted by Gasteiger charge is -2.21. The molecule has 1 fully saturated rings. The van der Waals surface area contributed by atoms with E-state index in [0.717, 1.165) is 31.5 Å². The zero-order chi connectivity index (χ0) is 11.4. The smallest absolute Gasteiger partial charge is 0.228 e. The summed E-state index contributed by atoms with van der Waals surface area (Å²) in [6, 6.07) is 3.80. The molecule has 0 saturated carbocycles. The van der Waals surface area contributed by atoms with Gasteiger partial charge in [0, 0.05) is 12.1 Å². The van der Waals surface area contributed by atoms with E-state index < -0.39 is 0 Å². The molecule has 102 valence electrons. The van der Waals surface area contributed by atoms with Gasteiger partial charge in [-0.15, -0.1) is 24.8 Å². The highest BCUT2D eigenvalue weighted by Crippen LogP contribution is 2.14. The topological polar surface area (TPSA) is 54.0 Å². The van der Waals surface area contributed by atoms with Gasteiger partial charge in [-0.05, 0) is 50.6 Å². The summed E-state index contributed by atoms with van der Waals surface area (Å²) in [5, 5.41) is 6.12. The fourth-order valence-electron chi connectivity index (χ4n) is 1.92. The van der Waals surface area contributed by atoms with Gasteiger partial charge in [0.15, 0.2) is 0 Å². The third-order valence-electron chi connectivity index (χ3n) is 2.88. The molecule has 1 aromatic rings. The first-order valence-electron chi connectivity index (χ1n) is 5.70. The second kappa shape index (κ2) is 8.29. The molecule has 0 aliphatic carbocycles. The van der Waals surface area contributed by atoms with E-state index in [0.29, 0.717) is 5.82 Å². The Labute approximate surface area is 120 Å². The number of carbonyl (C=O) groups excluding carboxylic acids is 1. The zero-order valence-corrected chi connectivity index (χ0v) is 11.9. The summed E-state index contributed by atoms with van der Waals surface area (Å²) in [7, 11) is 0. The Bertz CT molecular complexity index is 381. The van der Waals surface area contributed by atoms with Crippen LogP contribution in [0.2, 0.25) is 0 Å². The number of aromatic nitrogens is 1. The number of amides is 1. The molecule has 1 amide bonds. The third-order valence-corrected chi connectivity index (χ3v) is 2.88. The second-order valence-electron chi connectivity index (χ2n) is 4.23. The third kappa shape index (κ3) is 4.80. The quantitative estimate of drug-likeness (QED) is 0.878. The van der Waals surface area contributed by atoms with Gasteiger partial charge in [-0.3, -0.25) is 4.79 Å². The molecule has 0 unspecified atom stereocenters. The summed E-state index contributed by atoms with van der Waals surface area (Å²) in [6.07, 6.45) is 3.54. The average molecular weight is 292 g/mol. The highest BCUT2D eigenvalue weighted by molar-refractivity contribution is 5.91. The van der Waals surface area contributed by atoms with E-state index in [1.165, 1.54) is 0 Å². The van der Waals surface area contributed by atoms with Crippen LogP contribution >= 0.6 is 24.8 Å². The number of carbonyl (C=O) groups is 1. The molecule has 18 heavy (non-hydrogen) atoms. The minimum absolute atomic E-state index is 0. The van der Waals surface area contributed by atoms with Crippen molar-refractivity contribution in [1.29, 1.82) is 0 Å². The summed E-state index contributed by atoms with van der Waals surface area (Å²) in [5.74, 6) is 0.881. The SMILES string of the molecule is Cc1ccnc(NC(=O)C2CCNCC2)c1.Cl.Cl. The number of hydrogen-bond donors (Lipinski definition) is 2. The fraction of sp³-hybridized carbons (Fsp3) is 0.500. The predicted molar refractivity (Wildman–Crippen MR) is 77.7 cm³/mol. The van der Waals surface area contributed by atoms with Gasteiger partial charge in [0.1, 0.15) is 5.82 Å². The summed E-state index contributed by atoms with van der Waals surface area (Å²) in [5.41, 5.74) is 1.11. The van der Waals surface area contributed by atoms with Crippen LogP contribution < -0.4 is 10.6 Å². The lowest BCUT2D eigenvalue weighted by molar-refractivity contribution is -0.120. The maximum Gasteiger partial charge on any atom is 0.228 e. The first-order valence-corrected chi connectivity index (χ1v) is 5.70. The normalized spacial score (nSPS) is 15.2. The van der Waals surface area contributed by atoms with Gasteiger partial charge in [-0.2, -0.15) is 0 Å². The minimum atomic E-state index is 0. The first-order chi connectivity index (χ1) is 7.75. The van der Waals surface area contributed by atoms with E-state index in [-0.39, 0.29) is 36.6 Å². The summed E-state index contributed by atoms with van der Waals surface area (Å²) < 4.78 is 0. The number of aryl methyl sites for hydroxylation is 1. The molecule has 0 bridgehead atoms. The second-order valence-corrected chi connectivity index (χ2v) is 4.23. The molecule has 0 radical (unpaired) electrons. The largest absolute Gasteiger partial charge is 0.317 e. The van der Waals surface area contributed by atoms with Gasteiger partial charge in [0.25, 0.3) is 0 Å². The molecule has 0 atom stereocenters. The Morgan fingerprint density at radius 3 is 2.67 bits per heavy atom. The van der Waals surface area contributed by atoms with Crippen molar-refractivity contribution in [3.63, 3.8) is 0 Å². The lowest BCUT2D eigenvalue weighted by Crippen LogP contribution is -2.34. The van der Waals surface area contributed by atoms with Gasteiger partial charge in [-0.25, -0.2) is 4.98 Å².